The highest BCUT2D eigenvalue weighted by molar-refractivity contribution is 6.01. The Hall–Kier alpha value is -2.70. The molecular weight excluding hydrogens is 311 g/mol. The summed E-state index contributed by atoms with van der Waals surface area (Å²) in [4.78, 5) is 25.8. The van der Waals surface area contributed by atoms with E-state index in [0.717, 1.165) is 18.4 Å². The standard InChI is InChI=1S/C17H19FN4O2/c1-21(2)15(23)11-22-10-14(9-19-22)20-16(24)17(7-8-17)12-3-5-13(18)6-4-12/h3-6,9-10H,7-8,11H2,1-2H3,(H,20,24). The lowest BCUT2D eigenvalue weighted by Crippen LogP contribution is -2.28. The minimum atomic E-state index is -0.588. The van der Waals surface area contributed by atoms with Gasteiger partial charge in [-0.05, 0) is 30.5 Å². The summed E-state index contributed by atoms with van der Waals surface area (Å²) < 4.78 is 14.5. The summed E-state index contributed by atoms with van der Waals surface area (Å²) in [5, 5.41) is 6.92. The van der Waals surface area contributed by atoms with Crippen molar-refractivity contribution in [3.05, 3.63) is 48.0 Å². The van der Waals surface area contributed by atoms with Crippen molar-refractivity contribution in [3.63, 3.8) is 0 Å². The van der Waals surface area contributed by atoms with Crippen molar-refractivity contribution in [1.82, 2.24) is 14.7 Å². The van der Waals surface area contributed by atoms with E-state index < -0.39 is 5.41 Å². The number of rotatable bonds is 5. The Morgan fingerprint density at radius 3 is 2.54 bits per heavy atom. The van der Waals surface area contributed by atoms with Crippen LogP contribution in [0.1, 0.15) is 18.4 Å². The largest absolute Gasteiger partial charge is 0.347 e. The van der Waals surface area contributed by atoms with E-state index in [9.17, 15) is 14.0 Å². The van der Waals surface area contributed by atoms with Crippen LogP contribution < -0.4 is 5.32 Å². The van der Waals surface area contributed by atoms with Crippen LogP contribution in [0.25, 0.3) is 0 Å². The highest BCUT2D eigenvalue weighted by atomic mass is 19.1. The molecule has 2 amide bonds. The van der Waals surface area contributed by atoms with E-state index in [1.165, 1.54) is 27.9 Å². The number of hydrogen-bond acceptors (Lipinski definition) is 3. The zero-order valence-corrected chi connectivity index (χ0v) is 13.6. The first-order valence-corrected chi connectivity index (χ1v) is 7.71. The van der Waals surface area contributed by atoms with Crippen LogP contribution in [0.4, 0.5) is 10.1 Å². The van der Waals surface area contributed by atoms with E-state index in [2.05, 4.69) is 10.4 Å². The molecule has 7 heteroatoms. The van der Waals surface area contributed by atoms with Crippen molar-refractivity contribution in [2.75, 3.05) is 19.4 Å². The highest BCUT2D eigenvalue weighted by Gasteiger charge is 2.51. The lowest BCUT2D eigenvalue weighted by atomic mass is 9.95. The van der Waals surface area contributed by atoms with E-state index >= 15 is 0 Å². The van der Waals surface area contributed by atoms with Gasteiger partial charge in [0.1, 0.15) is 12.4 Å². The molecule has 24 heavy (non-hydrogen) atoms. The molecule has 0 atom stereocenters. The van der Waals surface area contributed by atoms with Crippen LogP contribution in [0, 0.1) is 5.82 Å². The van der Waals surface area contributed by atoms with Crippen molar-refractivity contribution in [1.29, 1.82) is 0 Å². The van der Waals surface area contributed by atoms with Crippen molar-refractivity contribution in [2.45, 2.75) is 24.8 Å². The van der Waals surface area contributed by atoms with Gasteiger partial charge in [-0.2, -0.15) is 5.10 Å². The molecule has 126 valence electrons. The Labute approximate surface area is 139 Å². The molecule has 1 fully saturated rings. The molecule has 6 nitrogen and oxygen atoms in total. The van der Waals surface area contributed by atoms with Crippen molar-refractivity contribution < 1.29 is 14.0 Å². The number of nitrogens with one attached hydrogen (secondary N) is 1. The monoisotopic (exact) mass is 330 g/mol. The summed E-state index contributed by atoms with van der Waals surface area (Å²) in [5.41, 5.74) is 0.770. The zero-order valence-electron chi connectivity index (χ0n) is 13.6. The maximum absolute atomic E-state index is 13.1. The molecule has 0 bridgehead atoms. The fourth-order valence-corrected chi connectivity index (χ4v) is 2.59. The molecule has 1 saturated carbocycles. The van der Waals surface area contributed by atoms with Gasteiger partial charge in [-0.1, -0.05) is 12.1 Å². The predicted molar refractivity (Wildman–Crippen MR) is 86.9 cm³/mol. The number of hydrogen-bond donors (Lipinski definition) is 1. The number of amides is 2. The average molecular weight is 330 g/mol. The van der Waals surface area contributed by atoms with Crippen LogP contribution >= 0.6 is 0 Å². The number of benzene rings is 1. The summed E-state index contributed by atoms with van der Waals surface area (Å²) >= 11 is 0. The Kier molecular flexibility index (Phi) is 4.09. The van der Waals surface area contributed by atoms with Crippen molar-refractivity contribution >= 4 is 17.5 Å². The first-order chi connectivity index (χ1) is 11.4. The van der Waals surface area contributed by atoms with Crippen LogP contribution in [0.15, 0.2) is 36.7 Å². The third-order valence-electron chi connectivity index (χ3n) is 4.27. The van der Waals surface area contributed by atoms with Crippen LogP contribution in [0.5, 0.6) is 0 Å². The third kappa shape index (κ3) is 3.15. The molecule has 1 aromatic heterocycles. The molecular formula is C17H19FN4O2. The molecule has 2 aromatic rings. The minimum absolute atomic E-state index is 0.0825. The first-order valence-electron chi connectivity index (χ1n) is 7.71. The normalized spacial score (nSPS) is 15.0. The number of aromatic nitrogens is 2. The summed E-state index contributed by atoms with van der Waals surface area (Å²) in [5.74, 6) is -0.532. The van der Waals surface area contributed by atoms with Crippen LogP contribution in [0.2, 0.25) is 0 Å². The van der Waals surface area contributed by atoms with Crippen molar-refractivity contribution in [3.8, 4) is 0 Å². The topological polar surface area (TPSA) is 67.2 Å². The highest BCUT2D eigenvalue weighted by Crippen LogP contribution is 2.49. The smallest absolute Gasteiger partial charge is 0.243 e. The number of anilines is 1. The Bertz CT molecular complexity index is 763. The average Bonchev–Trinajstić information content (AvgIpc) is 3.24. The van der Waals surface area contributed by atoms with Gasteiger partial charge in [0.2, 0.25) is 11.8 Å². The lowest BCUT2D eigenvalue weighted by molar-refractivity contribution is -0.129. The molecule has 1 aliphatic rings. The number of halogens is 1. The molecule has 0 radical (unpaired) electrons. The molecule has 0 aliphatic heterocycles. The lowest BCUT2D eigenvalue weighted by Gasteiger charge is -2.15. The van der Waals surface area contributed by atoms with Crippen molar-refractivity contribution in [2.24, 2.45) is 0 Å². The Morgan fingerprint density at radius 1 is 1.29 bits per heavy atom. The van der Waals surface area contributed by atoms with Gasteiger partial charge >= 0.3 is 0 Å². The summed E-state index contributed by atoms with van der Waals surface area (Å²) in [7, 11) is 3.35. The van der Waals surface area contributed by atoms with E-state index in [0.29, 0.717) is 5.69 Å². The Morgan fingerprint density at radius 2 is 1.96 bits per heavy atom. The molecule has 0 saturated heterocycles. The quantitative estimate of drug-likeness (QED) is 0.909. The van der Waals surface area contributed by atoms with Gasteiger partial charge < -0.3 is 10.2 Å². The summed E-state index contributed by atoms with van der Waals surface area (Å²) in [6.07, 6.45) is 4.61. The fraction of sp³-hybridized carbons (Fsp3) is 0.353. The third-order valence-corrected chi connectivity index (χ3v) is 4.27. The van der Waals surface area contributed by atoms with Gasteiger partial charge in [-0.3, -0.25) is 14.3 Å². The van der Waals surface area contributed by atoms with Gasteiger partial charge in [0, 0.05) is 20.3 Å². The van der Waals surface area contributed by atoms with E-state index in [4.69, 9.17) is 0 Å². The van der Waals surface area contributed by atoms with Crippen LogP contribution in [-0.2, 0) is 21.5 Å². The number of nitrogens with zero attached hydrogens (tertiary/aromatic N) is 3. The maximum atomic E-state index is 13.1. The SMILES string of the molecule is CN(C)C(=O)Cn1cc(NC(=O)C2(c3ccc(F)cc3)CC2)cn1. The molecule has 1 aromatic carbocycles. The van der Waals surface area contributed by atoms with Crippen LogP contribution in [-0.4, -0.2) is 40.6 Å². The van der Waals surface area contributed by atoms with Gasteiger partial charge in [-0.25, -0.2) is 4.39 Å². The van der Waals surface area contributed by atoms with Crippen LogP contribution in [0.3, 0.4) is 0 Å². The Balaban J connectivity index is 1.68. The summed E-state index contributed by atoms with van der Waals surface area (Å²) in [6.45, 7) is 0.117. The van der Waals surface area contributed by atoms with Gasteiger partial charge in [-0.15, -0.1) is 0 Å². The van der Waals surface area contributed by atoms with E-state index in [1.807, 2.05) is 0 Å². The summed E-state index contributed by atoms with van der Waals surface area (Å²) in [6, 6.07) is 6.04. The molecule has 1 heterocycles. The van der Waals surface area contributed by atoms with E-state index in [1.54, 1.807) is 32.4 Å². The second-order valence-corrected chi connectivity index (χ2v) is 6.26. The predicted octanol–water partition coefficient (Wildman–Crippen LogP) is 1.78. The van der Waals surface area contributed by atoms with E-state index in [-0.39, 0.29) is 24.2 Å². The molecule has 1 N–H and O–H groups in total. The van der Waals surface area contributed by atoms with Gasteiger partial charge in [0.25, 0.3) is 0 Å². The second-order valence-electron chi connectivity index (χ2n) is 6.26. The number of carbonyl (C=O) groups excluding carboxylic acids is 2. The fourth-order valence-electron chi connectivity index (χ4n) is 2.59. The van der Waals surface area contributed by atoms with Gasteiger partial charge in [0.15, 0.2) is 0 Å². The maximum Gasteiger partial charge on any atom is 0.243 e. The first kappa shape index (κ1) is 16.2. The second kappa shape index (κ2) is 6.07. The molecule has 0 unspecified atom stereocenters. The number of likely N-dealkylation sites (N-methyl/N-ethyl adjacent to an activating group) is 1. The number of carbonyl (C=O) groups is 2. The minimum Gasteiger partial charge on any atom is -0.347 e. The molecule has 1 aliphatic carbocycles. The van der Waals surface area contributed by atoms with Gasteiger partial charge in [0.05, 0.1) is 17.3 Å². The zero-order chi connectivity index (χ0) is 17.3. The molecule has 0 spiro atoms. The molecule has 3 rings (SSSR count).